The molecule has 2 rings (SSSR count). The summed E-state index contributed by atoms with van der Waals surface area (Å²) in [5.74, 6) is -0.316. The molecule has 0 saturated carbocycles. The zero-order chi connectivity index (χ0) is 14.5. The third kappa shape index (κ3) is 3.83. The topological polar surface area (TPSA) is 55.4 Å². The molecule has 5 heteroatoms. The molecule has 0 unspecified atom stereocenters. The quantitative estimate of drug-likeness (QED) is 0.695. The molecule has 0 aliphatic carbocycles. The number of anilines is 1. The number of hydrogen-bond acceptors (Lipinski definition) is 3. The highest BCUT2D eigenvalue weighted by atomic mass is 35.5. The Balaban J connectivity index is 2.11. The van der Waals surface area contributed by atoms with Crippen LogP contribution in [0.15, 0.2) is 48.5 Å². The summed E-state index contributed by atoms with van der Waals surface area (Å²) >= 11 is 5.75. The Hall–Kier alpha value is -2.33. The van der Waals surface area contributed by atoms with E-state index in [-0.39, 0.29) is 5.91 Å². The highest BCUT2D eigenvalue weighted by Gasteiger charge is 2.08. The van der Waals surface area contributed by atoms with E-state index in [0.29, 0.717) is 22.0 Å². The first-order valence-electron chi connectivity index (χ1n) is 5.90. The predicted molar refractivity (Wildman–Crippen MR) is 77.2 cm³/mol. The molecule has 0 radical (unpaired) electrons. The molecule has 2 aromatic rings. The van der Waals surface area contributed by atoms with Gasteiger partial charge in [-0.2, -0.15) is 0 Å². The van der Waals surface area contributed by atoms with Crippen molar-refractivity contribution in [3.8, 4) is 5.75 Å². The summed E-state index contributed by atoms with van der Waals surface area (Å²) in [5, 5.41) is 3.17. The number of esters is 1. The summed E-state index contributed by atoms with van der Waals surface area (Å²) < 4.78 is 5.23. The van der Waals surface area contributed by atoms with Gasteiger partial charge in [0.15, 0.2) is 0 Å². The van der Waals surface area contributed by atoms with Crippen molar-refractivity contribution >= 4 is 29.2 Å². The van der Waals surface area contributed by atoms with E-state index in [1.165, 1.54) is 6.92 Å². The maximum Gasteiger partial charge on any atom is 0.343 e. The van der Waals surface area contributed by atoms with Gasteiger partial charge in [-0.25, -0.2) is 4.79 Å². The Morgan fingerprint density at radius 1 is 1.10 bits per heavy atom. The first-order chi connectivity index (χ1) is 9.54. The third-order valence-corrected chi connectivity index (χ3v) is 2.70. The van der Waals surface area contributed by atoms with Crippen molar-refractivity contribution in [2.45, 2.75) is 6.92 Å². The predicted octanol–water partition coefficient (Wildman–Crippen LogP) is 3.52. The molecule has 0 saturated heterocycles. The Bertz CT molecular complexity index is 638. The number of amides is 1. The van der Waals surface area contributed by atoms with Gasteiger partial charge in [0.25, 0.3) is 0 Å². The molecule has 4 nitrogen and oxygen atoms in total. The van der Waals surface area contributed by atoms with Crippen LogP contribution in [-0.4, -0.2) is 11.9 Å². The smallest absolute Gasteiger partial charge is 0.343 e. The van der Waals surface area contributed by atoms with E-state index in [9.17, 15) is 9.59 Å². The molecule has 0 aromatic heterocycles. The van der Waals surface area contributed by atoms with Crippen LogP contribution in [-0.2, 0) is 4.79 Å². The number of halogens is 1. The van der Waals surface area contributed by atoms with E-state index in [4.69, 9.17) is 16.3 Å². The van der Waals surface area contributed by atoms with E-state index in [1.807, 2.05) is 0 Å². The van der Waals surface area contributed by atoms with Gasteiger partial charge in [0.05, 0.1) is 5.56 Å². The summed E-state index contributed by atoms with van der Waals surface area (Å²) in [4.78, 5) is 22.9. The van der Waals surface area contributed by atoms with Crippen LogP contribution in [0, 0.1) is 0 Å². The van der Waals surface area contributed by atoms with Crippen LogP contribution in [0.4, 0.5) is 5.69 Å². The van der Waals surface area contributed by atoms with E-state index in [0.717, 1.165) is 0 Å². The molecule has 102 valence electrons. The van der Waals surface area contributed by atoms with Gasteiger partial charge < -0.3 is 10.1 Å². The number of nitrogens with one attached hydrogen (secondary N) is 1. The number of benzene rings is 2. The average Bonchev–Trinajstić information content (AvgIpc) is 2.39. The Kier molecular flexibility index (Phi) is 4.38. The standard InChI is InChI=1S/C15H12ClNO3/c1-10(18)17-13-3-2-4-14(9-13)20-15(19)11-5-7-12(16)8-6-11/h2-9H,1H3,(H,17,18). The van der Waals surface area contributed by atoms with Crippen LogP contribution in [0.5, 0.6) is 5.75 Å². The number of carbonyl (C=O) groups is 2. The molecular weight excluding hydrogens is 278 g/mol. The molecule has 2 aromatic carbocycles. The van der Waals surface area contributed by atoms with Crippen LogP contribution >= 0.6 is 11.6 Å². The second-order valence-corrected chi connectivity index (χ2v) is 4.54. The lowest BCUT2D eigenvalue weighted by atomic mass is 10.2. The third-order valence-electron chi connectivity index (χ3n) is 2.44. The fraction of sp³-hybridized carbons (Fsp3) is 0.0667. The average molecular weight is 290 g/mol. The van der Waals surface area contributed by atoms with Crippen LogP contribution < -0.4 is 10.1 Å². The van der Waals surface area contributed by atoms with Crippen molar-refractivity contribution in [3.63, 3.8) is 0 Å². The van der Waals surface area contributed by atoms with Crippen molar-refractivity contribution in [3.05, 3.63) is 59.1 Å². The van der Waals surface area contributed by atoms with E-state index < -0.39 is 5.97 Å². The van der Waals surface area contributed by atoms with Gasteiger partial charge in [-0.3, -0.25) is 4.79 Å². The van der Waals surface area contributed by atoms with Gasteiger partial charge >= 0.3 is 5.97 Å². The van der Waals surface area contributed by atoms with Crippen molar-refractivity contribution in [2.24, 2.45) is 0 Å². The van der Waals surface area contributed by atoms with Crippen molar-refractivity contribution in [1.29, 1.82) is 0 Å². The highest BCUT2D eigenvalue weighted by Crippen LogP contribution is 2.19. The molecule has 0 spiro atoms. The maximum absolute atomic E-state index is 11.9. The van der Waals surface area contributed by atoms with E-state index in [1.54, 1.807) is 48.5 Å². The fourth-order valence-electron chi connectivity index (χ4n) is 1.59. The van der Waals surface area contributed by atoms with Gasteiger partial charge in [0.1, 0.15) is 5.75 Å². The Labute approximate surface area is 121 Å². The second kappa shape index (κ2) is 6.21. The lowest BCUT2D eigenvalue weighted by Crippen LogP contribution is -2.09. The summed E-state index contributed by atoms with van der Waals surface area (Å²) in [6.45, 7) is 1.41. The molecule has 0 fully saturated rings. The summed E-state index contributed by atoms with van der Waals surface area (Å²) in [6, 6.07) is 13.0. The van der Waals surface area contributed by atoms with Crippen molar-refractivity contribution in [1.82, 2.24) is 0 Å². The van der Waals surface area contributed by atoms with Gasteiger partial charge in [-0.15, -0.1) is 0 Å². The normalized spacial score (nSPS) is 9.90. The zero-order valence-electron chi connectivity index (χ0n) is 10.7. The number of ether oxygens (including phenoxy) is 1. The zero-order valence-corrected chi connectivity index (χ0v) is 11.5. The van der Waals surface area contributed by atoms with Crippen LogP contribution in [0.2, 0.25) is 5.02 Å². The summed E-state index contributed by atoms with van der Waals surface area (Å²) in [5.41, 5.74) is 0.971. The number of rotatable bonds is 3. The molecule has 0 aliphatic rings. The maximum atomic E-state index is 11.9. The van der Waals surface area contributed by atoms with E-state index in [2.05, 4.69) is 5.32 Å². The first-order valence-corrected chi connectivity index (χ1v) is 6.28. The largest absolute Gasteiger partial charge is 0.423 e. The minimum absolute atomic E-state index is 0.189. The minimum atomic E-state index is -0.485. The van der Waals surface area contributed by atoms with Crippen LogP contribution in [0.1, 0.15) is 17.3 Å². The lowest BCUT2D eigenvalue weighted by molar-refractivity contribution is -0.114. The molecule has 1 amide bonds. The molecule has 0 aliphatic heterocycles. The molecule has 1 N–H and O–H groups in total. The van der Waals surface area contributed by atoms with Gasteiger partial charge in [0.2, 0.25) is 5.91 Å². The highest BCUT2D eigenvalue weighted by molar-refractivity contribution is 6.30. The monoisotopic (exact) mass is 289 g/mol. The molecular formula is C15H12ClNO3. The van der Waals surface area contributed by atoms with E-state index >= 15 is 0 Å². The molecule has 0 bridgehead atoms. The van der Waals surface area contributed by atoms with Gasteiger partial charge in [0, 0.05) is 23.7 Å². The van der Waals surface area contributed by atoms with Crippen LogP contribution in [0.3, 0.4) is 0 Å². The molecule has 20 heavy (non-hydrogen) atoms. The fourth-order valence-corrected chi connectivity index (χ4v) is 1.72. The van der Waals surface area contributed by atoms with Crippen LogP contribution in [0.25, 0.3) is 0 Å². The van der Waals surface area contributed by atoms with Crippen molar-refractivity contribution in [2.75, 3.05) is 5.32 Å². The lowest BCUT2D eigenvalue weighted by Gasteiger charge is -2.07. The summed E-state index contributed by atoms with van der Waals surface area (Å²) in [7, 11) is 0. The SMILES string of the molecule is CC(=O)Nc1cccc(OC(=O)c2ccc(Cl)cc2)c1. The summed E-state index contributed by atoms with van der Waals surface area (Å²) in [6.07, 6.45) is 0. The Morgan fingerprint density at radius 3 is 2.45 bits per heavy atom. The molecule has 0 atom stereocenters. The minimum Gasteiger partial charge on any atom is -0.423 e. The molecule has 0 heterocycles. The first kappa shape index (κ1) is 14.1. The second-order valence-electron chi connectivity index (χ2n) is 4.11. The van der Waals surface area contributed by atoms with Crippen molar-refractivity contribution < 1.29 is 14.3 Å². The number of carbonyl (C=O) groups excluding carboxylic acids is 2. The van der Waals surface area contributed by atoms with Gasteiger partial charge in [-0.1, -0.05) is 17.7 Å². The Morgan fingerprint density at radius 2 is 1.80 bits per heavy atom. The van der Waals surface area contributed by atoms with Gasteiger partial charge in [-0.05, 0) is 36.4 Å². The number of hydrogen-bond donors (Lipinski definition) is 1.